The van der Waals surface area contributed by atoms with Crippen LogP contribution in [0.4, 0.5) is 0 Å². The predicted molar refractivity (Wildman–Crippen MR) is 103 cm³/mol. The van der Waals surface area contributed by atoms with Gasteiger partial charge in [0.25, 0.3) is 0 Å². The van der Waals surface area contributed by atoms with E-state index in [1.165, 1.54) is 15.7 Å². The molecule has 0 unspecified atom stereocenters. The summed E-state index contributed by atoms with van der Waals surface area (Å²) in [7, 11) is 0. The maximum absolute atomic E-state index is 12.2. The van der Waals surface area contributed by atoms with Gasteiger partial charge < -0.3 is 15.0 Å². The minimum Gasteiger partial charge on any atom is -0.370 e. The highest BCUT2D eigenvalue weighted by atomic mass is 32.2. The highest BCUT2D eigenvalue weighted by Gasteiger charge is 2.32. The number of quaternary nitrogens is 1. The zero-order valence-corrected chi connectivity index (χ0v) is 15.8. The molecule has 134 valence electrons. The van der Waals surface area contributed by atoms with E-state index < -0.39 is 0 Å². The second kappa shape index (κ2) is 8.21. The Bertz CT molecular complexity index is 726. The van der Waals surface area contributed by atoms with Gasteiger partial charge in [0.1, 0.15) is 18.6 Å². The molecule has 2 aromatic rings. The molecule has 1 aliphatic rings. The van der Waals surface area contributed by atoms with Gasteiger partial charge >= 0.3 is 0 Å². The van der Waals surface area contributed by atoms with Crippen LogP contribution in [0.5, 0.6) is 0 Å². The Hall–Kier alpha value is -1.56. The molecule has 3 rings (SSSR count). The molecule has 0 atom stereocenters. The van der Waals surface area contributed by atoms with Crippen LogP contribution in [-0.4, -0.2) is 50.0 Å². The summed E-state index contributed by atoms with van der Waals surface area (Å²) >= 11 is 1.59. The number of fused-ring (bicyclic) bond motifs is 1. The van der Waals surface area contributed by atoms with E-state index >= 15 is 0 Å². The Kier molecular flexibility index (Phi) is 5.99. The lowest BCUT2D eigenvalue weighted by atomic mass is 10.0. The standard InChI is InChI=1S/C20H26N2O2S/c1-20(2,22-9-11-24-12-10-22)15-21-19(23)14-25-18-8-7-16-5-3-4-6-17(16)13-18/h3-8,13H,9-12,14-15H2,1-2H3,(H,21,23)/p+1. The van der Waals surface area contributed by atoms with Crippen LogP contribution < -0.4 is 10.2 Å². The smallest absolute Gasteiger partial charge is 0.230 e. The van der Waals surface area contributed by atoms with Crippen LogP contribution in [0.3, 0.4) is 0 Å². The van der Waals surface area contributed by atoms with Gasteiger partial charge in [-0.3, -0.25) is 4.79 Å². The minimum absolute atomic E-state index is 0.0348. The molecule has 0 radical (unpaired) electrons. The Morgan fingerprint density at radius 3 is 2.64 bits per heavy atom. The van der Waals surface area contributed by atoms with Gasteiger partial charge in [-0.05, 0) is 36.8 Å². The van der Waals surface area contributed by atoms with Crippen molar-refractivity contribution in [3.05, 3.63) is 42.5 Å². The van der Waals surface area contributed by atoms with Gasteiger partial charge in [-0.1, -0.05) is 30.3 Å². The predicted octanol–water partition coefficient (Wildman–Crippen LogP) is 1.74. The molecule has 1 fully saturated rings. The largest absolute Gasteiger partial charge is 0.370 e. The number of benzene rings is 2. The molecule has 0 aromatic heterocycles. The SMILES string of the molecule is CC(C)(CNC(=O)CSc1ccc2ccccc2c1)[NH+]1CCOCC1. The first kappa shape index (κ1) is 18.2. The van der Waals surface area contributed by atoms with Crippen LogP contribution in [0, 0.1) is 0 Å². The van der Waals surface area contributed by atoms with Crippen LogP contribution in [0.25, 0.3) is 10.8 Å². The van der Waals surface area contributed by atoms with E-state index in [0.29, 0.717) is 12.3 Å². The van der Waals surface area contributed by atoms with Crippen molar-refractivity contribution in [2.24, 2.45) is 0 Å². The van der Waals surface area contributed by atoms with Crippen molar-refractivity contribution in [1.82, 2.24) is 5.32 Å². The molecule has 1 amide bonds. The third-order valence-corrected chi connectivity index (χ3v) is 5.87. The Balaban J connectivity index is 1.48. The normalized spacial score (nSPS) is 16.1. The maximum Gasteiger partial charge on any atom is 0.230 e. The van der Waals surface area contributed by atoms with Crippen molar-refractivity contribution in [2.45, 2.75) is 24.3 Å². The van der Waals surface area contributed by atoms with Crippen LogP contribution >= 0.6 is 11.8 Å². The lowest BCUT2D eigenvalue weighted by molar-refractivity contribution is -0.954. The molecule has 0 aliphatic carbocycles. The molecule has 1 heterocycles. The molecular weight excluding hydrogens is 332 g/mol. The fraction of sp³-hybridized carbons (Fsp3) is 0.450. The Morgan fingerprint density at radius 1 is 1.16 bits per heavy atom. The summed E-state index contributed by atoms with van der Waals surface area (Å²) in [5.41, 5.74) is 0.0348. The topological polar surface area (TPSA) is 42.8 Å². The van der Waals surface area contributed by atoms with Crippen molar-refractivity contribution in [1.29, 1.82) is 0 Å². The molecule has 4 nitrogen and oxygen atoms in total. The van der Waals surface area contributed by atoms with Gasteiger partial charge in [0, 0.05) is 4.90 Å². The summed E-state index contributed by atoms with van der Waals surface area (Å²) in [4.78, 5) is 14.9. The third kappa shape index (κ3) is 4.97. The van der Waals surface area contributed by atoms with Crippen LogP contribution in [-0.2, 0) is 9.53 Å². The van der Waals surface area contributed by atoms with Crippen molar-refractivity contribution < 1.29 is 14.4 Å². The fourth-order valence-electron chi connectivity index (χ4n) is 3.20. The molecule has 2 N–H and O–H groups in total. The molecule has 0 saturated carbocycles. The monoisotopic (exact) mass is 359 g/mol. The first-order chi connectivity index (χ1) is 12.0. The van der Waals surface area contributed by atoms with E-state index in [2.05, 4.69) is 49.5 Å². The molecule has 0 bridgehead atoms. The van der Waals surface area contributed by atoms with Crippen LogP contribution in [0.2, 0.25) is 0 Å². The number of nitrogens with one attached hydrogen (secondary N) is 2. The number of carbonyl (C=O) groups is 1. The quantitative estimate of drug-likeness (QED) is 0.772. The van der Waals surface area contributed by atoms with Gasteiger partial charge in [-0.2, -0.15) is 0 Å². The molecule has 25 heavy (non-hydrogen) atoms. The van der Waals surface area contributed by atoms with Crippen LogP contribution in [0.15, 0.2) is 47.4 Å². The van der Waals surface area contributed by atoms with E-state index in [-0.39, 0.29) is 11.4 Å². The number of hydrogen-bond donors (Lipinski definition) is 2. The second-order valence-electron chi connectivity index (χ2n) is 7.17. The number of amides is 1. The summed E-state index contributed by atoms with van der Waals surface area (Å²) in [6.45, 7) is 8.76. The summed E-state index contributed by atoms with van der Waals surface area (Å²) in [6, 6.07) is 14.6. The maximum atomic E-state index is 12.2. The van der Waals surface area contributed by atoms with E-state index in [9.17, 15) is 4.79 Å². The zero-order valence-electron chi connectivity index (χ0n) is 15.0. The van der Waals surface area contributed by atoms with Crippen molar-refractivity contribution in [2.75, 3.05) is 38.6 Å². The van der Waals surface area contributed by atoms with Gasteiger partial charge in [-0.15, -0.1) is 11.8 Å². The summed E-state index contributed by atoms with van der Waals surface area (Å²) in [6.07, 6.45) is 0. The fourth-order valence-corrected chi connectivity index (χ4v) is 3.97. The average molecular weight is 360 g/mol. The van der Waals surface area contributed by atoms with Gasteiger partial charge in [-0.25, -0.2) is 0 Å². The van der Waals surface area contributed by atoms with E-state index in [1.54, 1.807) is 11.8 Å². The molecule has 2 aromatic carbocycles. The highest BCUT2D eigenvalue weighted by molar-refractivity contribution is 8.00. The molecule has 1 saturated heterocycles. The average Bonchev–Trinajstić information content (AvgIpc) is 2.65. The zero-order chi connectivity index (χ0) is 17.7. The van der Waals surface area contributed by atoms with Crippen molar-refractivity contribution in [3.63, 3.8) is 0 Å². The highest BCUT2D eigenvalue weighted by Crippen LogP contribution is 2.23. The summed E-state index contributed by atoms with van der Waals surface area (Å²) in [5.74, 6) is 0.547. The molecule has 1 aliphatic heterocycles. The van der Waals surface area contributed by atoms with Crippen molar-refractivity contribution >= 4 is 28.4 Å². The van der Waals surface area contributed by atoms with Gasteiger partial charge in [0.05, 0.1) is 25.5 Å². The third-order valence-electron chi connectivity index (χ3n) is 4.87. The molecule has 5 heteroatoms. The van der Waals surface area contributed by atoms with Crippen LogP contribution in [0.1, 0.15) is 13.8 Å². The summed E-state index contributed by atoms with van der Waals surface area (Å²) in [5, 5.41) is 5.55. The first-order valence-electron chi connectivity index (χ1n) is 8.86. The number of rotatable bonds is 6. The number of hydrogen-bond acceptors (Lipinski definition) is 3. The number of thioether (sulfide) groups is 1. The Morgan fingerprint density at radius 2 is 1.88 bits per heavy atom. The van der Waals surface area contributed by atoms with Gasteiger partial charge in [0.15, 0.2) is 0 Å². The van der Waals surface area contributed by atoms with E-state index in [4.69, 9.17) is 4.74 Å². The molecule has 0 spiro atoms. The molecular formula is C20H27N2O2S+. The second-order valence-corrected chi connectivity index (χ2v) is 8.22. The number of carbonyl (C=O) groups excluding carboxylic acids is 1. The van der Waals surface area contributed by atoms with Crippen molar-refractivity contribution in [3.8, 4) is 0 Å². The lowest BCUT2D eigenvalue weighted by Gasteiger charge is -2.37. The van der Waals surface area contributed by atoms with E-state index in [0.717, 1.165) is 31.2 Å². The lowest BCUT2D eigenvalue weighted by Crippen LogP contribution is -3.22. The first-order valence-corrected chi connectivity index (χ1v) is 9.84. The minimum atomic E-state index is 0.0348. The van der Waals surface area contributed by atoms with E-state index in [1.807, 2.05) is 12.1 Å². The number of ether oxygens (including phenoxy) is 1. The Labute approximate surface area is 153 Å². The number of morpholine rings is 1. The van der Waals surface area contributed by atoms with Gasteiger partial charge in [0.2, 0.25) is 5.91 Å². The summed E-state index contributed by atoms with van der Waals surface area (Å²) < 4.78 is 5.43.